The van der Waals surface area contributed by atoms with Crippen LogP contribution in [0.15, 0.2) is 0 Å². The normalized spacial score (nSPS) is 27.9. The summed E-state index contributed by atoms with van der Waals surface area (Å²) in [5.41, 5.74) is 0. The molecule has 2 unspecified atom stereocenters. The van der Waals surface area contributed by atoms with E-state index in [1.54, 1.807) is 0 Å². The number of nitrogens with zero attached hydrogens (tertiary/aromatic N) is 2. The van der Waals surface area contributed by atoms with Crippen molar-refractivity contribution in [2.75, 3.05) is 33.2 Å². The van der Waals surface area contributed by atoms with Gasteiger partial charge in [-0.3, -0.25) is 4.90 Å². The highest BCUT2D eigenvalue weighted by atomic mass is 16.3. The van der Waals surface area contributed by atoms with E-state index in [-0.39, 0.29) is 6.10 Å². The minimum absolute atomic E-state index is 0.129. The molecule has 1 heterocycles. The Morgan fingerprint density at radius 1 is 1.43 bits per heavy atom. The third-order valence-electron chi connectivity index (χ3n) is 3.13. The van der Waals surface area contributed by atoms with Crippen LogP contribution in [-0.2, 0) is 0 Å². The third-order valence-corrected chi connectivity index (χ3v) is 3.13. The Kier molecular flexibility index (Phi) is 4.85. The molecule has 0 radical (unpaired) electrons. The van der Waals surface area contributed by atoms with Gasteiger partial charge < -0.3 is 10.0 Å². The van der Waals surface area contributed by atoms with Gasteiger partial charge in [0.05, 0.1) is 6.10 Å². The molecule has 0 bridgehead atoms. The summed E-state index contributed by atoms with van der Waals surface area (Å²) in [6.45, 7) is 8.54. The molecular formula is C11H24N2O. The Morgan fingerprint density at radius 3 is 2.71 bits per heavy atom. The summed E-state index contributed by atoms with van der Waals surface area (Å²) in [5, 5.41) is 9.70. The van der Waals surface area contributed by atoms with E-state index < -0.39 is 0 Å². The Bertz CT molecular complexity index is 163. The highest BCUT2D eigenvalue weighted by Crippen LogP contribution is 2.08. The number of hydrogen-bond donors (Lipinski definition) is 1. The van der Waals surface area contributed by atoms with Crippen molar-refractivity contribution in [3.05, 3.63) is 0 Å². The zero-order valence-corrected chi connectivity index (χ0v) is 9.74. The molecule has 1 aliphatic heterocycles. The van der Waals surface area contributed by atoms with Crippen molar-refractivity contribution in [3.63, 3.8) is 0 Å². The van der Waals surface area contributed by atoms with E-state index in [1.165, 1.54) is 0 Å². The fourth-order valence-electron chi connectivity index (χ4n) is 2.01. The summed E-state index contributed by atoms with van der Waals surface area (Å²) in [5.74, 6) is 0. The summed E-state index contributed by atoms with van der Waals surface area (Å²) in [4.78, 5) is 4.76. The van der Waals surface area contributed by atoms with Crippen LogP contribution in [0.1, 0.15) is 26.7 Å². The van der Waals surface area contributed by atoms with E-state index in [1.807, 2.05) is 0 Å². The van der Waals surface area contributed by atoms with Crippen LogP contribution in [0.3, 0.4) is 0 Å². The monoisotopic (exact) mass is 200 g/mol. The van der Waals surface area contributed by atoms with E-state index in [9.17, 15) is 5.11 Å². The molecule has 1 rings (SSSR count). The van der Waals surface area contributed by atoms with Gasteiger partial charge in [-0.25, -0.2) is 0 Å². The van der Waals surface area contributed by atoms with Gasteiger partial charge in [-0.1, -0.05) is 13.3 Å². The van der Waals surface area contributed by atoms with E-state index in [4.69, 9.17) is 0 Å². The van der Waals surface area contributed by atoms with Crippen molar-refractivity contribution in [3.8, 4) is 0 Å². The van der Waals surface area contributed by atoms with Crippen LogP contribution in [0.2, 0.25) is 0 Å². The molecule has 0 aromatic heterocycles. The fourth-order valence-corrected chi connectivity index (χ4v) is 2.01. The molecule has 0 amide bonds. The third kappa shape index (κ3) is 3.56. The molecule has 14 heavy (non-hydrogen) atoms. The van der Waals surface area contributed by atoms with Gasteiger partial charge in [-0.15, -0.1) is 0 Å². The number of piperazine rings is 1. The number of hydrogen-bond acceptors (Lipinski definition) is 3. The predicted molar refractivity (Wildman–Crippen MR) is 59.4 cm³/mol. The standard InChI is InChI=1S/C11H24N2O/c1-4-5-11(14)9-13-7-6-12(3)10(2)8-13/h10-11,14H,4-9H2,1-3H3. The van der Waals surface area contributed by atoms with E-state index in [2.05, 4.69) is 30.7 Å². The lowest BCUT2D eigenvalue weighted by atomic mass is 10.1. The molecule has 0 saturated carbocycles. The maximum Gasteiger partial charge on any atom is 0.0667 e. The molecule has 0 aromatic rings. The van der Waals surface area contributed by atoms with Crippen LogP contribution >= 0.6 is 0 Å². The van der Waals surface area contributed by atoms with E-state index in [0.29, 0.717) is 6.04 Å². The second kappa shape index (κ2) is 5.69. The predicted octanol–water partition coefficient (Wildman–Crippen LogP) is 0.783. The Hall–Kier alpha value is -0.120. The topological polar surface area (TPSA) is 26.7 Å². The molecule has 1 fully saturated rings. The Balaban J connectivity index is 2.25. The first-order chi connectivity index (χ1) is 6.63. The largest absolute Gasteiger partial charge is 0.392 e. The minimum Gasteiger partial charge on any atom is -0.392 e. The van der Waals surface area contributed by atoms with Gasteiger partial charge in [-0.05, 0) is 20.4 Å². The average Bonchev–Trinajstić information content (AvgIpc) is 2.12. The van der Waals surface area contributed by atoms with Gasteiger partial charge >= 0.3 is 0 Å². The first kappa shape index (κ1) is 12.0. The number of rotatable bonds is 4. The van der Waals surface area contributed by atoms with Crippen LogP contribution in [0.4, 0.5) is 0 Å². The molecule has 0 aromatic carbocycles. The molecular weight excluding hydrogens is 176 g/mol. The van der Waals surface area contributed by atoms with Crippen LogP contribution < -0.4 is 0 Å². The summed E-state index contributed by atoms with van der Waals surface area (Å²) in [6.07, 6.45) is 1.88. The highest BCUT2D eigenvalue weighted by Gasteiger charge is 2.21. The lowest BCUT2D eigenvalue weighted by molar-refractivity contribution is 0.0536. The van der Waals surface area contributed by atoms with Crippen LogP contribution in [0.5, 0.6) is 0 Å². The molecule has 0 spiro atoms. The van der Waals surface area contributed by atoms with Crippen molar-refractivity contribution in [2.45, 2.75) is 38.8 Å². The van der Waals surface area contributed by atoms with Crippen molar-refractivity contribution in [1.29, 1.82) is 0 Å². The Labute approximate surface area is 87.7 Å². The fraction of sp³-hybridized carbons (Fsp3) is 1.00. The molecule has 84 valence electrons. The van der Waals surface area contributed by atoms with Crippen molar-refractivity contribution >= 4 is 0 Å². The maximum atomic E-state index is 9.70. The van der Waals surface area contributed by atoms with E-state index >= 15 is 0 Å². The summed E-state index contributed by atoms with van der Waals surface area (Å²) in [6, 6.07) is 0.623. The second-order valence-electron chi connectivity index (χ2n) is 4.53. The quantitative estimate of drug-likeness (QED) is 0.726. The first-order valence-electron chi connectivity index (χ1n) is 5.74. The van der Waals surface area contributed by atoms with Crippen molar-refractivity contribution in [2.24, 2.45) is 0 Å². The molecule has 2 atom stereocenters. The maximum absolute atomic E-state index is 9.70. The number of β-amino-alcohol motifs (C(OH)–C–C–N with tert-alkyl or cyclic N) is 1. The lowest BCUT2D eigenvalue weighted by Gasteiger charge is -2.38. The molecule has 1 aliphatic rings. The number of aliphatic hydroxyl groups excluding tert-OH is 1. The number of likely N-dealkylation sites (N-methyl/N-ethyl adjacent to an activating group) is 1. The SMILES string of the molecule is CCCC(O)CN1CCN(C)C(C)C1. The minimum atomic E-state index is -0.129. The van der Waals surface area contributed by atoms with Gasteiger partial charge in [0.2, 0.25) is 0 Å². The zero-order chi connectivity index (χ0) is 10.6. The van der Waals surface area contributed by atoms with Crippen LogP contribution in [0, 0.1) is 0 Å². The molecule has 1 saturated heterocycles. The number of aliphatic hydroxyl groups is 1. The van der Waals surface area contributed by atoms with Crippen LogP contribution in [-0.4, -0.2) is 60.3 Å². The van der Waals surface area contributed by atoms with Crippen molar-refractivity contribution < 1.29 is 5.11 Å². The van der Waals surface area contributed by atoms with Gasteiger partial charge in [0, 0.05) is 32.2 Å². The highest BCUT2D eigenvalue weighted by molar-refractivity contribution is 4.78. The summed E-state index contributed by atoms with van der Waals surface area (Å²) in [7, 11) is 2.17. The molecule has 3 nitrogen and oxygen atoms in total. The molecule has 3 heteroatoms. The van der Waals surface area contributed by atoms with Gasteiger partial charge in [0.15, 0.2) is 0 Å². The lowest BCUT2D eigenvalue weighted by Crippen LogP contribution is -2.51. The molecule has 0 aliphatic carbocycles. The van der Waals surface area contributed by atoms with Gasteiger partial charge in [0.1, 0.15) is 0 Å². The van der Waals surface area contributed by atoms with Crippen LogP contribution in [0.25, 0.3) is 0 Å². The smallest absolute Gasteiger partial charge is 0.0667 e. The summed E-state index contributed by atoms with van der Waals surface area (Å²) < 4.78 is 0. The molecule has 1 N–H and O–H groups in total. The van der Waals surface area contributed by atoms with Gasteiger partial charge in [0.25, 0.3) is 0 Å². The summed E-state index contributed by atoms with van der Waals surface area (Å²) >= 11 is 0. The first-order valence-corrected chi connectivity index (χ1v) is 5.74. The Morgan fingerprint density at radius 2 is 2.14 bits per heavy atom. The van der Waals surface area contributed by atoms with Crippen molar-refractivity contribution in [1.82, 2.24) is 9.80 Å². The zero-order valence-electron chi connectivity index (χ0n) is 9.74. The second-order valence-corrected chi connectivity index (χ2v) is 4.53. The average molecular weight is 200 g/mol. The van der Waals surface area contributed by atoms with E-state index in [0.717, 1.165) is 39.0 Å². The van der Waals surface area contributed by atoms with Gasteiger partial charge in [-0.2, -0.15) is 0 Å².